The maximum Gasteiger partial charge on any atom is 0.0738 e. The Morgan fingerprint density at radius 2 is 1.80 bits per heavy atom. The molecular weight excluding hydrogens is 304 g/mol. The first-order valence-electron chi connectivity index (χ1n) is 9.05. The average molecular weight is 326 g/mol. The van der Waals surface area contributed by atoms with Crippen LogP contribution in [0.2, 0.25) is 0 Å². The van der Waals surface area contributed by atoms with Gasteiger partial charge in [0.1, 0.15) is 0 Å². The minimum Gasteiger partial charge on any atom is -0.357 e. The van der Waals surface area contributed by atoms with E-state index in [0.29, 0.717) is 0 Å². The molecule has 0 bridgehead atoms. The van der Waals surface area contributed by atoms with Gasteiger partial charge in [0.05, 0.1) is 6.04 Å². The first-order valence-corrected chi connectivity index (χ1v) is 9.05. The van der Waals surface area contributed by atoms with Crippen LogP contribution in [-0.4, -0.2) is 11.5 Å². The van der Waals surface area contributed by atoms with Crippen LogP contribution in [0.4, 0.5) is 0 Å². The van der Waals surface area contributed by atoms with Crippen molar-refractivity contribution in [1.82, 2.24) is 10.3 Å². The van der Waals surface area contributed by atoms with Crippen molar-refractivity contribution < 1.29 is 0 Å². The molecule has 3 aromatic carbocycles. The van der Waals surface area contributed by atoms with Gasteiger partial charge >= 0.3 is 0 Å². The van der Waals surface area contributed by atoms with E-state index >= 15 is 0 Å². The minimum absolute atomic E-state index is 0.224. The third-order valence-corrected chi connectivity index (χ3v) is 5.52. The number of nitrogens with one attached hydrogen (secondary N) is 2. The van der Waals surface area contributed by atoms with Gasteiger partial charge in [-0.2, -0.15) is 0 Å². The van der Waals surface area contributed by atoms with Gasteiger partial charge in [-0.05, 0) is 59.4 Å². The highest BCUT2D eigenvalue weighted by molar-refractivity contribution is 5.90. The highest BCUT2D eigenvalue weighted by Gasteiger charge is 2.26. The topological polar surface area (TPSA) is 27.8 Å². The summed E-state index contributed by atoms with van der Waals surface area (Å²) in [6.07, 6.45) is 1.08. The third kappa shape index (κ3) is 2.21. The lowest BCUT2D eigenvalue weighted by molar-refractivity contribution is 0.563. The van der Waals surface area contributed by atoms with Crippen LogP contribution in [0.3, 0.4) is 0 Å². The quantitative estimate of drug-likeness (QED) is 0.496. The van der Waals surface area contributed by atoms with Gasteiger partial charge in [-0.15, -0.1) is 0 Å². The monoisotopic (exact) mass is 326 g/mol. The summed E-state index contributed by atoms with van der Waals surface area (Å²) in [6, 6.07) is 20.1. The lowest BCUT2D eigenvalue weighted by atomic mass is 9.90. The first kappa shape index (κ1) is 14.7. The van der Waals surface area contributed by atoms with E-state index in [9.17, 15) is 0 Å². The van der Waals surface area contributed by atoms with Gasteiger partial charge in [0.15, 0.2) is 0 Å². The highest BCUT2D eigenvalue weighted by Crippen LogP contribution is 2.37. The average Bonchev–Trinajstić information content (AvgIpc) is 2.99. The maximum atomic E-state index is 3.75. The molecule has 1 unspecified atom stereocenters. The Balaban J connectivity index is 1.77. The smallest absolute Gasteiger partial charge is 0.0738 e. The molecule has 0 aliphatic carbocycles. The second kappa shape index (κ2) is 5.47. The number of hydrogen-bond acceptors (Lipinski definition) is 1. The Morgan fingerprint density at radius 1 is 0.960 bits per heavy atom. The zero-order valence-electron chi connectivity index (χ0n) is 14.7. The molecule has 4 aromatic rings. The zero-order chi connectivity index (χ0) is 17.0. The molecule has 0 saturated heterocycles. The summed E-state index contributed by atoms with van der Waals surface area (Å²) in [5.74, 6) is 0. The van der Waals surface area contributed by atoms with Crippen molar-refractivity contribution in [3.8, 4) is 0 Å². The molecule has 2 N–H and O–H groups in total. The van der Waals surface area contributed by atoms with Crippen molar-refractivity contribution in [3.05, 3.63) is 82.5 Å². The molecule has 2 heterocycles. The summed E-state index contributed by atoms with van der Waals surface area (Å²) in [5, 5.41) is 7.81. The fourth-order valence-corrected chi connectivity index (χ4v) is 4.54. The number of rotatable bonds is 1. The molecule has 1 aliphatic rings. The number of fused-ring (bicyclic) bond motifs is 4. The van der Waals surface area contributed by atoms with E-state index in [1.165, 1.54) is 49.6 Å². The molecule has 1 aromatic heterocycles. The van der Waals surface area contributed by atoms with Crippen LogP contribution < -0.4 is 5.32 Å². The molecule has 2 heteroatoms. The van der Waals surface area contributed by atoms with Gasteiger partial charge in [0.25, 0.3) is 0 Å². The molecule has 0 radical (unpaired) electrons. The van der Waals surface area contributed by atoms with E-state index < -0.39 is 0 Å². The van der Waals surface area contributed by atoms with Crippen LogP contribution in [0.1, 0.15) is 34.0 Å². The zero-order valence-corrected chi connectivity index (χ0v) is 14.7. The van der Waals surface area contributed by atoms with Crippen molar-refractivity contribution in [2.75, 3.05) is 6.54 Å². The Labute approximate surface area is 147 Å². The Kier molecular flexibility index (Phi) is 3.22. The predicted molar refractivity (Wildman–Crippen MR) is 105 cm³/mol. The number of hydrogen-bond donors (Lipinski definition) is 2. The number of aromatic nitrogens is 1. The molecule has 1 aliphatic heterocycles. The van der Waals surface area contributed by atoms with Crippen molar-refractivity contribution >= 4 is 21.7 Å². The van der Waals surface area contributed by atoms with E-state index in [2.05, 4.69) is 78.7 Å². The van der Waals surface area contributed by atoms with Crippen LogP contribution in [0.25, 0.3) is 21.7 Å². The van der Waals surface area contributed by atoms with Crippen LogP contribution in [0, 0.1) is 13.8 Å². The number of H-pyrrole nitrogens is 1. The summed E-state index contributed by atoms with van der Waals surface area (Å²) in [4.78, 5) is 3.75. The summed E-state index contributed by atoms with van der Waals surface area (Å²) in [6.45, 7) is 5.42. The van der Waals surface area contributed by atoms with Crippen molar-refractivity contribution in [1.29, 1.82) is 0 Å². The van der Waals surface area contributed by atoms with Crippen LogP contribution in [0.15, 0.2) is 54.6 Å². The normalized spacial score (nSPS) is 17.1. The molecule has 2 nitrogen and oxygen atoms in total. The molecule has 5 rings (SSSR count). The van der Waals surface area contributed by atoms with Gasteiger partial charge in [0, 0.05) is 23.1 Å². The van der Waals surface area contributed by atoms with Crippen molar-refractivity contribution in [2.24, 2.45) is 0 Å². The van der Waals surface area contributed by atoms with E-state index in [4.69, 9.17) is 0 Å². The summed E-state index contributed by atoms with van der Waals surface area (Å²) in [7, 11) is 0. The molecule has 1 atom stereocenters. The SMILES string of the molecule is Cc1cc(C)c2c3c([nH]c2c1)C(c1cccc2ccccc12)NCC3. The number of aromatic amines is 1. The fraction of sp³-hybridized carbons (Fsp3) is 0.217. The Hall–Kier alpha value is -2.58. The van der Waals surface area contributed by atoms with Gasteiger partial charge in [0.2, 0.25) is 0 Å². The van der Waals surface area contributed by atoms with Gasteiger partial charge in [-0.3, -0.25) is 0 Å². The van der Waals surface area contributed by atoms with E-state index in [1.807, 2.05) is 0 Å². The third-order valence-electron chi connectivity index (χ3n) is 5.52. The van der Waals surface area contributed by atoms with Crippen LogP contribution >= 0.6 is 0 Å². The second-order valence-corrected chi connectivity index (χ2v) is 7.23. The summed E-state index contributed by atoms with van der Waals surface area (Å²) < 4.78 is 0. The molecule has 124 valence electrons. The molecule has 0 spiro atoms. The lowest BCUT2D eigenvalue weighted by Crippen LogP contribution is -2.30. The van der Waals surface area contributed by atoms with Crippen LogP contribution in [-0.2, 0) is 6.42 Å². The Bertz CT molecular complexity index is 1100. The largest absolute Gasteiger partial charge is 0.357 e. The minimum atomic E-state index is 0.224. The predicted octanol–water partition coefficient (Wildman–Crippen LogP) is 5.17. The summed E-state index contributed by atoms with van der Waals surface area (Å²) >= 11 is 0. The molecular formula is C23H22N2. The fourth-order valence-electron chi connectivity index (χ4n) is 4.54. The molecule has 25 heavy (non-hydrogen) atoms. The molecule has 0 saturated carbocycles. The standard InChI is InChI=1S/C23H22N2/c1-14-12-15(2)21-19-10-11-24-22(23(19)25-20(21)13-14)18-9-5-7-16-6-3-4-8-17(16)18/h3-9,12-13,22,24-25H,10-11H2,1-2H3. The number of aryl methyl sites for hydroxylation is 2. The molecule has 0 amide bonds. The van der Waals surface area contributed by atoms with E-state index in [0.717, 1.165) is 13.0 Å². The second-order valence-electron chi connectivity index (χ2n) is 7.23. The van der Waals surface area contributed by atoms with Crippen molar-refractivity contribution in [2.45, 2.75) is 26.3 Å². The van der Waals surface area contributed by atoms with Crippen molar-refractivity contribution in [3.63, 3.8) is 0 Å². The Morgan fingerprint density at radius 3 is 2.72 bits per heavy atom. The highest BCUT2D eigenvalue weighted by atomic mass is 15.0. The van der Waals surface area contributed by atoms with Gasteiger partial charge in [-0.25, -0.2) is 0 Å². The van der Waals surface area contributed by atoms with Gasteiger partial charge in [-0.1, -0.05) is 48.5 Å². The van der Waals surface area contributed by atoms with E-state index in [-0.39, 0.29) is 6.04 Å². The maximum absolute atomic E-state index is 3.75. The first-order chi connectivity index (χ1) is 12.2. The van der Waals surface area contributed by atoms with Crippen LogP contribution in [0.5, 0.6) is 0 Å². The van der Waals surface area contributed by atoms with E-state index in [1.54, 1.807) is 0 Å². The molecule has 0 fully saturated rings. The van der Waals surface area contributed by atoms with Gasteiger partial charge < -0.3 is 10.3 Å². The summed E-state index contributed by atoms with van der Waals surface area (Å²) in [5.41, 5.74) is 8.16. The lowest BCUT2D eigenvalue weighted by Gasteiger charge is -2.26. The number of benzene rings is 3.